The van der Waals surface area contributed by atoms with E-state index >= 15 is 0 Å². The molecule has 4 heterocycles. The lowest BCUT2D eigenvalue weighted by Gasteiger charge is -2.32. The van der Waals surface area contributed by atoms with Gasteiger partial charge in [0.25, 0.3) is 5.91 Å². The summed E-state index contributed by atoms with van der Waals surface area (Å²) < 4.78 is 19.3. The third-order valence-electron chi connectivity index (χ3n) is 6.87. The monoisotopic (exact) mass is 480 g/mol. The molecule has 2 aromatic heterocycles. The largest absolute Gasteiger partial charge is 0.454 e. The molecule has 0 bridgehead atoms. The van der Waals surface area contributed by atoms with Crippen molar-refractivity contribution in [2.45, 2.75) is 44.2 Å². The number of H-pyrrole nitrogens is 1. The van der Waals surface area contributed by atoms with Crippen molar-refractivity contribution < 1.29 is 19.0 Å². The number of likely N-dealkylation sites (tertiary alicyclic amines) is 1. The maximum atomic E-state index is 13.4. The number of rotatable bonds is 7. The number of ether oxygens (including phenoxy) is 3. The number of piperidine rings is 1. The van der Waals surface area contributed by atoms with E-state index in [9.17, 15) is 9.59 Å². The first-order valence-corrected chi connectivity index (χ1v) is 12.0. The SMILES string of the molecule is COCCn1nc(C2CCCN(C(=O)c3cc(-c4ccc5c(c4)OCO5)n[nH]3)C2)n(C2CC2)c1=O. The average Bonchev–Trinajstić information content (AvgIpc) is 3.28. The lowest BCUT2D eigenvalue weighted by molar-refractivity contribution is 0.0697. The van der Waals surface area contributed by atoms with Gasteiger partial charge in [0.15, 0.2) is 11.5 Å². The second-order valence-corrected chi connectivity index (χ2v) is 9.28. The van der Waals surface area contributed by atoms with E-state index < -0.39 is 0 Å². The molecule has 35 heavy (non-hydrogen) atoms. The van der Waals surface area contributed by atoms with Crippen molar-refractivity contribution in [3.63, 3.8) is 0 Å². The fourth-order valence-electron chi connectivity index (χ4n) is 4.89. The van der Waals surface area contributed by atoms with Gasteiger partial charge in [0.1, 0.15) is 11.5 Å². The van der Waals surface area contributed by atoms with Gasteiger partial charge in [-0.1, -0.05) is 0 Å². The molecular formula is C24H28N6O5. The Balaban J connectivity index is 1.21. The minimum Gasteiger partial charge on any atom is -0.454 e. The van der Waals surface area contributed by atoms with Crippen LogP contribution in [0.25, 0.3) is 11.3 Å². The van der Waals surface area contributed by atoms with Crippen molar-refractivity contribution in [3.8, 4) is 22.8 Å². The number of hydrogen-bond acceptors (Lipinski definition) is 7. The summed E-state index contributed by atoms with van der Waals surface area (Å²) in [5.74, 6) is 2.07. The molecule has 184 valence electrons. The molecule has 1 N–H and O–H groups in total. The summed E-state index contributed by atoms with van der Waals surface area (Å²) in [7, 11) is 1.61. The van der Waals surface area contributed by atoms with E-state index in [4.69, 9.17) is 14.2 Å². The van der Waals surface area contributed by atoms with Crippen molar-refractivity contribution in [2.75, 3.05) is 33.6 Å². The number of nitrogens with zero attached hydrogens (tertiary/aromatic N) is 5. The maximum absolute atomic E-state index is 13.4. The number of methoxy groups -OCH3 is 1. The predicted octanol–water partition coefficient (Wildman–Crippen LogP) is 2.16. The number of aromatic nitrogens is 5. The third-order valence-corrected chi connectivity index (χ3v) is 6.87. The van der Waals surface area contributed by atoms with Gasteiger partial charge in [-0.3, -0.25) is 14.5 Å². The minimum absolute atomic E-state index is 0.0149. The molecule has 0 radical (unpaired) electrons. The van der Waals surface area contributed by atoms with Crippen LogP contribution in [0.4, 0.5) is 0 Å². The van der Waals surface area contributed by atoms with Crippen molar-refractivity contribution in [1.29, 1.82) is 0 Å². The van der Waals surface area contributed by atoms with Gasteiger partial charge in [-0.25, -0.2) is 9.48 Å². The topological polar surface area (TPSA) is 116 Å². The zero-order valence-electron chi connectivity index (χ0n) is 19.6. The molecule has 2 aliphatic heterocycles. The van der Waals surface area contributed by atoms with E-state index in [1.54, 1.807) is 13.2 Å². The summed E-state index contributed by atoms with van der Waals surface area (Å²) >= 11 is 0. The highest BCUT2D eigenvalue weighted by molar-refractivity contribution is 5.93. The summed E-state index contributed by atoms with van der Waals surface area (Å²) in [4.78, 5) is 28.1. The smallest absolute Gasteiger partial charge is 0.346 e. The molecule has 1 aromatic carbocycles. The predicted molar refractivity (Wildman–Crippen MR) is 125 cm³/mol. The summed E-state index contributed by atoms with van der Waals surface area (Å²) in [5.41, 5.74) is 1.87. The Morgan fingerprint density at radius 3 is 2.89 bits per heavy atom. The van der Waals surface area contributed by atoms with E-state index in [1.165, 1.54) is 4.68 Å². The lowest BCUT2D eigenvalue weighted by Crippen LogP contribution is -2.40. The van der Waals surface area contributed by atoms with Crippen molar-refractivity contribution in [3.05, 3.63) is 46.3 Å². The molecule has 6 rings (SSSR count). The Bertz CT molecular complexity index is 1310. The van der Waals surface area contributed by atoms with E-state index in [-0.39, 0.29) is 30.3 Å². The second-order valence-electron chi connectivity index (χ2n) is 9.28. The highest BCUT2D eigenvalue weighted by Gasteiger charge is 2.35. The Morgan fingerprint density at radius 2 is 2.06 bits per heavy atom. The molecular weight excluding hydrogens is 452 g/mol. The molecule has 0 spiro atoms. The van der Waals surface area contributed by atoms with Crippen LogP contribution in [0.3, 0.4) is 0 Å². The van der Waals surface area contributed by atoms with Crippen LogP contribution in [0.5, 0.6) is 11.5 Å². The fraction of sp³-hybridized carbons (Fsp3) is 0.500. The Kier molecular flexibility index (Phi) is 5.56. The fourth-order valence-corrected chi connectivity index (χ4v) is 4.89. The van der Waals surface area contributed by atoms with Gasteiger partial charge >= 0.3 is 5.69 Å². The molecule has 3 aliphatic rings. The molecule has 11 heteroatoms. The van der Waals surface area contributed by atoms with Crippen molar-refractivity contribution >= 4 is 5.91 Å². The average molecular weight is 481 g/mol. The number of aromatic amines is 1. The number of carbonyl (C=O) groups is 1. The van der Waals surface area contributed by atoms with Crippen LogP contribution >= 0.6 is 0 Å². The third kappa shape index (κ3) is 4.09. The van der Waals surface area contributed by atoms with E-state index in [2.05, 4.69) is 15.3 Å². The van der Waals surface area contributed by atoms with Crippen LogP contribution in [0.1, 0.15) is 54.0 Å². The van der Waals surface area contributed by atoms with Crippen LogP contribution in [-0.2, 0) is 11.3 Å². The Hall–Kier alpha value is -3.60. The Labute approximate surface area is 201 Å². The molecule has 3 aromatic rings. The summed E-state index contributed by atoms with van der Waals surface area (Å²) in [5, 5.41) is 11.9. The second kappa shape index (κ2) is 8.88. The van der Waals surface area contributed by atoms with Crippen LogP contribution in [0.15, 0.2) is 29.1 Å². The number of carbonyl (C=O) groups excluding carboxylic acids is 1. The molecule has 1 saturated carbocycles. The number of nitrogens with one attached hydrogen (secondary N) is 1. The van der Waals surface area contributed by atoms with Gasteiger partial charge in [-0.15, -0.1) is 0 Å². The molecule has 2 fully saturated rings. The van der Waals surface area contributed by atoms with Gasteiger partial charge in [-0.05, 0) is 49.9 Å². The number of amides is 1. The molecule has 1 amide bonds. The van der Waals surface area contributed by atoms with Gasteiger partial charge in [-0.2, -0.15) is 10.2 Å². The number of hydrogen-bond donors (Lipinski definition) is 1. The number of fused-ring (bicyclic) bond motifs is 1. The van der Waals surface area contributed by atoms with Crippen LogP contribution in [-0.4, -0.2) is 69.0 Å². The van der Waals surface area contributed by atoms with Gasteiger partial charge in [0.05, 0.1) is 18.8 Å². The first kappa shape index (κ1) is 21.9. The van der Waals surface area contributed by atoms with Gasteiger partial charge in [0, 0.05) is 37.7 Å². The first-order chi connectivity index (χ1) is 17.1. The zero-order chi connectivity index (χ0) is 23.9. The van der Waals surface area contributed by atoms with Crippen LogP contribution in [0, 0.1) is 0 Å². The van der Waals surface area contributed by atoms with E-state index in [0.29, 0.717) is 49.1 Å². The molecule has 1 atom stereocenters. The van der Waals surface area contributed by atoms with Crippen molar-refractivity contribution in [2.24, 2.45) is 0 Å². The molecule has 1 unspecified atom stereocenters. The molecule has 11 nitrogen and oxygen atoms in total. The minimum atomic E-state index is -0.103. The van der Waals surface area contributed by atoms with Crippen LogP contribution < -0.4 is 15.2 Å². The lowest BCUT2D eigenvalue weighted by atomic mass is 9.96. The van der Waals surface area contributed by atoms with Gasteiger partial charge < -0.3 is 19.1 Å². The highest BCUT2D eigenvalue weighted by Crippen LogP contribution is 2.38. The van der Waals surface area contributed by atoms with Crippen LogP contribution in [0.2, 0.25) is 0 Å². The molecule has 1 saturated heterocycles. The zero-order valence-corrected chi connectivity index (χ0v) is 19.6. The first-order valence-electron chi connectivity index (χ1n) is 12.0. The summed E-state index contributed by atoms with van der Waals surface area (Å²) in [6, 6.07) is 7.58. The van der Waals surface area contributed by atoms with E-state index in [1.807, 2.05) is 27.7 Å². The van der Waals surface area contributed by atoms with E-state index in [0.717, 1.165) is 37.1 Å². The summed E-state index contributed by atoms with van der Waals surface area (Å²) in [6.45, 7) is 2.24. The quantitative estimate of drug-likeness (QED) is 0.551. The molecule has 1 aliphatic carbocycles. The highest BCUT2D eigenvalue weighted by atomic mass is 16.7. The number of benzene rings is 1. The van der Waals surface area contributed by atoms with Crippen molar-refractivity contribution in [1.82, 2.24) is 29.4 Å². The standard InChI is InChI=1S/C24H28N6O5/c1-33-10-9-29-24(32)30(17-5-6-17)22(27-29)16-3-2-8-28(13-16)23(31)19-12-18(25-26-19)15-4-7-20-21(11-15)35-14-34-20/h4,7,11-12,16-17H,2-3,5-6,8-10,13-14H2,1H3,(H,25,26). The maximum Gasteiger partial charge on any atom is 0.346 e. The Morgan fingerprint density at radius 1 is 1.20 bits per heavy atom. The normalized spacial score (nSPS) is 19.3. The summed E-state index contributed by atoms with van der Waals surface area (Å²) in [6.07, 6.45) is 3.73. The van der Waals surface area contributed by atoms with Gasteiger partial charge in [0.2, 0.25) is 6.79 Å².